The quantitative estimate of drug-likeness (QED) is 0.433. The molecule has 1 aromatic heterocycles. The summed E-state index contributed by atoms with van der Waals surface area (Å²) < 4.78 is 11.0. The largest absolute Gasteiger partial charge is 0.497 e. The van der Waals surface area contributed by atoms with Crippen molar-refractivity contribution in [3.8, 4) is 17.1 Å². The lowest BCUT2D eigenvalue weighted by molar-refractivity contribution is -0.121. The molecule has 0 aliphatic rings. The summed E-state index contributed by atoms with van der Waals surface area (Å²) in [5.41, 5.74) is 1.94. The van der Waals surface area contributed by atoms with Gasteiger partial charge in [0.25, 0.3) is 0 Å². The van der Waals surface area contributed by atoms with E-state index < -0.39 is 0 Å². The van der Waals surface area contributed by atoms with Crippen LogP contribution in [-0.4, -0.2) is 42.5 Å². The van der Waals surface area contributed by atoms with Crippen LogP contribution < -0.4 is 10.1 Å². The van der Waals surface area contributed by atoms with Crippen LogP contribution in [0.3, 0.4) is 0 Å². The first kappa shape index (κ1) is 23.8. The Morgan fingerprint density at radius 2 is 1.88 bits per heavy atom. The van der Waals surface area contributed by atoms with E-state index in [0.29, 0.717) is 36.1 Å². The number of amides is 1. The van der Waals surface area contributed by atoms with Crippen molar-refractivity contribution in [2.24, 2.45) is 0 Å². The van der Waals surface area contributed by atoms with Crippen LogP contribution >= 0.6 is 11.6 Å². The van der Waals surface area contributed by atoms with E-state index in [1.54, 1.807) is 13.3 Å². The molecule has 3 aromatic rings. The third-order valence-electron chi connectivity index (χ3n) is 5.50. The zero-order valence-electron chi connectivity index (χ0n) is 18.8. The molecule has 0 aliphatic carbocycles. The number of benzene rings is 2. The van der Waals surface area contributed by atoms with Crippen LogP contribution in [0, 0.1) is 0 Å². The smallest absolute Gasteiger partial charge is 0.220 e. The number of nitrogens with one attached hydrogen (secondary N) is 1. The number of aryl methyl sites for hydroxylation is 1. The van der Waals surface area contributed by atoms with Gasteiger partial charge in [-0.05, 0) is 49.0 Å². The third kappa shape index (κ3) is 6.11. The van der Waals surface area contributed by atoms with Crippen LogP contribution in [0.1, 0.15) is 37.8 Å². The number of hydrogen-bond donors (Lipinski definition) is 1. The number of nitrogens with zero attached hydrogens (tertiary/aromatic N) is 2. The molecule has 3 rings (SSSR count). The Labute approximate surface area is 194 Å². The molecule has 7 heteroatoms. The van der Waals surface area contributed by atoms with Gasteiger partial charge >= 0.3 is 0 Å². The highest BCUT2D eigenvalue weighted by Crippen LogP contribution is 2.27. The second-order valence-corrected chi connectivity index (χ2v) is 7.82. The normalized spacial score (nSPS) is 12.0. The van der Waals surface area contributed by atoms with E-state index in [1.165, 1.54) is 0 Å². The second kappa shape index (κ2) is 11.7. The molecule has 1 amide bonds. The van der Waals surface area contributed by atoms with Crippen LogP contribution in [0.4, 0.5) is 0 Å². The van der Waals surface area contributed by atoms with Crippen molar-refractivity contribution in [3.63, 3.8) is 0 Å². The number of carbonyl (C=O) groups excluding carboxylic acids is 1. The molecule has 0 saturated heterocycles. The van der Waals surface area contributed by atoms with Gasteiger partial charge in [0.2, 0.25) is 5.91 Å². The van der Waals surface area contributed by atoms with Gasteiger partial charge in [-0.3, -0.25) is 9.69 Å². The van der Waals surface area contributed by atoms with Gasteiger partial charge in [-0.25, -0.2) is 4.98 Å². The molecule has 1 N–H and O–H groups in total. The van der Waals surface area contributed by atoms with E-state index in [0.717, 1.165) is 30.0 Å². The summed E-state index contributed by atoms with van der Waals surface area (Å²) in [5, 5.41) is 3.77. The number of methoxy groups -OCH3 is 1. The average Bonchev–Trinajstić information content (AvgIpc) is 3.30. The maximum atomic E-state index is 12.5. The first-order chi connectivity index (χ1) is 15.5. The van der Waals surface area contributed by atoms with Gasteiger partial charge in [0.15, 0.2) is 11.7 Å². The van der Waals surface area contributed by atoms with E-state index in [1.807, 2.05) is 48.5 Å². The Morgan fingerprint density at radius 3 is 2.53 bits per heavy atom. The number of carbonyl (C=O) groups is 1. The van der Waals surface area contributed by atoms with Crippen LogP contribution in [0.5, 0.6) is 5.75 Å². The molecule has 2 aromatic carbocycles. The summed E-state index contributed by atoms with van der Waals surface area (Å²) in [4.78, 5) is 19.1. The van der Waals surface area contributed by atoms with Crippen LogP contribution in [0.15, 0.2) is 59.1 Å². The van der Waals surface area contributed by atoms with Gasteiger partial charge in [0.05, 0.1) is 19.3 Å². The fourth-order valence-electron chi connectivity index (χ4n) is 3.68. The minimum Gasteiger partial charge on any atom is -0.497 e. The summed E-state index contributed by atoms with van der Waals surface area (Å²) in [6.07, 6.45) is 2.42. The standard InChI is InChI=1S/C25H30ClN3O3/c1-4-29(5-2)22(20-8-6-7-9-21(20)26)16-27-24(30)14-15-25-28-17-23(32-25)18-10-12-19(31-3)13-11-18/h6-13,17,22H,4-5,14-16H2,1-3H3,(H,27,30). The fraction of sp³-hybridized carbons (Fsp3) is 0.360. The van der Waals surface area contributed by atoms with Crippen LogP contribution in [0.2, 0.25) is 5.02 Å². The summed E-state index contributed by atoms with van der Waals surface area (Å²) in [7, 11) is 1.63. The second-order valence-electron chi connectivity index (χ2n) is 7.41. The zero-order chi connectivity index (χ0) is 22.9. The Bertz CT molecular complexity index is 1000. The maximum Gasteiger partial charge on any atom is 0.220 e. The molecule has 0 spiro atoms. The van der Waals surface area contributed by atoms with Crippen molar-refractivity contribution in [1.82, 2.24) is 15.2 Å². The van der Waals surface area contributed by atoms with Crippen molar-refractivity contribution in [2.45, 2.75) is 32.7 Å². The maximum absolute atomic E-state index is 12.5. The monoisotopic (exact) mass is 455 g/mol. The molecule has 1 unspecified atom stereocenters. The average molecular weight is 456 g/mol. The van der Waals surface area contributed by atoms with Crippen molar-refractivity contribution >= 4 is 17.5 Å². The highest BCUT2D eigenvalue weighted by molar-refractivity contribution is 6.31. The Balaban J connectivity index is 1.56. The summed E-state index contributed by atoms with van der Waals surface area (Å²) >= 11 is 6.44. The SMILES string of the molecule is CCN(CC)C(CNC(=O)CCc1ncc(-c2ccc(OC)cc2)o1)c1ccccc1Cl. The predicted octanol–water partition coefficient (Wildman–Crippen LogP) is 5.14. The predicted molar refractivity (Wildman–Crippen MR) is 127 cm³/mol. The lowest BCUT2D eigenvalue weighted by Gasteiger charge is -2.30. The summed E-state index contributed by atoms with van der Waals surface area (Å²) in [5.74, 6) is 1.95. The molecule has 0 saturated carbocycles. The number of aromatic nitrogens is 1. The number of ether oxygens (including phenoxy) is 1. The van der Waals surface area contributed by atoms with Crippen molar-refractivity contribution < 1.29 is 13.9 Å². The Hall–Kier alpha value is -2.83. The van der Waals surface area contributed by atoms with E-state index in [9.17, 15) is 4.79 Å². The fourth-order valence-corrected chi connectivity index (χ4v) is 3.94. The topological polar surface area (TPSA) is 67.6 Å². The third-order valence-corrected chi connectivity index (χ3v) is 5.85. The summed E-state index contributed by atoms with van der Waals surface area (Å²) in [6.45, 7) is 6.45. The van der Waals surface area contributed by atoms with Crippen LogP contribution in [0.25, 0.3) is 11.3 Å². The van der Waals surface area contributed by atoms with E-state index in [2.05, 4.69) is 29.0 Å². The number of halogens is 1. The van der Waals surface area contributed by atoms with Gasteiger partial charge in [-0.1, -0.05) is 43.6 Å². The molecule has 0 radical (unpaired) electrons. The zero-order valence-corrected chi connectivity index (χ0v) is 19.6. The highest BCUT2D eigenvalue weighted by atomic mass is 35.5. The number of likely N-dealkylation sites (N-methyl/N-ethyl adjacent to an activating group) is 1. The molecule has 170 valence electrons. The molecule has 1 atom stereocenters. The van der Waals surface area contributed by atoms with E-state index in [4.69, 9.17) is 20.8 Å². The van der Waals surface area contributed by atoms with E-state index in [-0.39, 0.29) is 11.9 Å². The summed E-state index contributed by atoms with van der Waals surface area (Å²) in [6, 6.07) is 15.4. The molecule has 0 bridgehead atoms. The molecule has 6 nitrogen and oxygen atoms in total. The lowest BCUT2D eigenvalue weighted by atomic mass is 10.0. The molecule has 0 fully saturated rings. The molecular weight excluding hydrogens is 426 g/mol. The molecule has 0 aliphatic heterocycles. The first-order valence-electron chi connectivity index (χ1n) is 10.9. The van der Waals surface area contributed by atoms with Crippen molar-refractivity contribution in [1.29, 1.82) is 0 Å². The number of oxazole rings is 1. The molecule has 32 heavy (non-hydrogen) atoms. The molecular formula is C25H30ClN3O3. The molecule has 1 heterocycles. The van der Waals surface area contributed by atoms with E-state index >= 15 is 0 Å². The number of hydrogen-bond acceptors (Lipinski definition) is 5. The minimum atomic E-state index is -0.0431. The lowest BCUT2D eigenvalue weighted by Crippen LogP contribution is -2.38. The minimum absolute atomic E-state index is 0.0195. The number of rotatable bonds is 11. The Morgan fingerprint density at radius 1 is 1.16 bits per heavy atom. The van der Waals surface area contributed by atoms with Crippen LogP contribution in [-0.2, 0) is 11.2 Å². The Kier molecular flexibility index (Phi) is 8.71. The highest BCUT2D eigenvalue weighted by Gasteiger charge is 2.21. The first-order valence-corrected chi connectivity index (χ1v) is 11.3. The van der Waals surface area contributed by atoms with Crippen molar-refractivity contribution in [3.05, 3.63) is 71.2 Å². The van der Waals surface area contributed by atoms with Gasteiger partial charge in [-0.2, -0.15) is 0 Å². The van der Waals surface area contributed by atoms with Gasteiger partial charge in [-0.15, -0.1) is 0 Å². The van der Waals surface area contributed by atoms with Gasteiger partial charge in [0.1, 0.15) is 5.75 Å². The van der Waals surface area contributed by atoms with Gasteiger partial charge in [0, 0.05) is 30.0 Å². The van der Waals surface area contributed by atoms with Crippen molar-refractivity contribution in [2.75, 3.05) is 26.7 Å². The van der Waals surface area contributed by atoms with Gasteiger partial charge < -0.3 is 14.5 Å².